The minimum atomic E-state index is -3.71. The monoisotopic (exact) mass is 514 g/mol. The van der Waals surface area contributed by atoms with Crippen LogP contribution in [0.4, 0.5) is 5.69 Å². The van der Waals surface area contributed by atoms with Crippen molar-refractivity contribution in [2.24, 2.45) is 0 Å². The molecule has 0 spiro atoms. The average Bonchev–Trinajstić information content (AvgIpc) is 3.35. The van der Waals surface area contributed by atoms with Gasteiger partial charge in [-0.25, -0.2) is 13.4 Å². The fraction of sp³-hybridized carbons (Fsp3) is 0.360. The summed E-state index contributed by atoms with van der Waals surface area (Å²) < 4.78 is 27.7. The summed E-state index contributed by atoms with van der Waals surface area (Å²) in [6, 6.07) is 14.8. The van der Waals surface area contributed by atoms with E-state index in [9.17, 15) is 8.42 Å². The molecule has 0 bridgehead atoms. The number of halogens is 1. The lowest BCUT2D eigenvalue weighted by molar-refractivity contribution is 0.319. The van der Waals surface area contributed by atoms with Crippen LogP contribution in [0.15, 0.2) is 52.7 Å². The van der Waals surface area contributed by atoms with Gasteiger partial charge in [0.1, 0.15) is 4.90 Å². The minimum absolute atomic E-state index is 0.0521. The first kappa shape index (κ1) is 24.7. The molecule has 1 fully saturated rings. The van der Waals surface area contributed by atoms with Crippen LogP contribution in [-0.2, 0) is 10.0 Å². The molecule has 0 radical (unpaired) electrons. The van der Waals surface area contributed by atoms with Gasteiger partial charge in [-0.2, -0.15) is 9.57 Å². The number of hydrogen-bond donors (Lipinski definition) is 0. The zero-order chi connectivity index (χ0) is 24.3. The van der Waals surface area contributed by atoms with Gasteiger partial charge < -0.3 is 4.90 Å². The first-order chi connectivity index (χ1) is 16.4. The van der Waals surface area contributed by atoms with Crippen molar-refractivity contribution in [2.45, 2.75) is 37.5 Å². The lowest BCUT2D eigenvalue weighted by Crippen LogP contribution is -2.38. The third kappa shape index (κ3) is 4.98. The Labute approximate surface area is 210 Å². The first-order valence-electron chi connectivity index (χ1n) is 11.4. The molecule has 4 rings (SSSR count). The SMILES string of the molecule is CCN(CC)c1ccc(-c2csc(C3CCN(S(=O)(=O)c4ccc(C#N)cc4Cl)CC3)n2)cc1. The summed E-state index contributed by atoms with van der Waals surface area (Å²) in [6.07, 6.45) is 1.42. The van der Waals surface area contributed by atoms with Crippen LogP contribution in [0.2, 0.25) is 5.02 Å². The van der Waals surface area contributed by atoms with E-state index >= 15 is 0 Å². The van der Waals surface area contributed by atoms with Crippen molar-refractivity contribution in [3.05, 3.63) is 63.4 Å². The standard InChI is InChI=1S/C25H27ClN4O2S2/c1-3-29(4-2)21-8-6-19(7-9-21)23-17-33-25(28-23)20-11-13-30(14-12-20)34(31,32)24-10-5-18(16-27)15-22(24)26/h5-10,15,17,20H,3-4,11-14H2,1-2H3. The van der Waals surface area contributed by atoms with Gasteiger partial charge >= 0.3 is 0 Å². The fourth-order valence-corrected chi connectivity index (χ4v) is 7.29. The van der Waals surface area contributed by atoms with Crippen LogP contribution < -0.4 is 4.90 Å². The Morgan fingerprint density at radius 1 is 1.15 bits per heavy atom. The molecule has 2 heterocycles. The smallest absolute Gasteiger partial charge is 0.244 e. The number of piperidine rings is 1. The molecule has 2 aromatic carbocycles. The summed E-state index contributed by atoms with van der Waals surface area (Å²) in [7, 11) is -3.71. The van der Waals surface area contributed by atoms with Gasteiger partial charge in [0, 0.05) is 48.7 Å². The summed E-state index contributed by atoms with van der Waals surface area (Å²) in [5, 5.41) is 12.2. The van der Waals surface area contributed by atoms with Crippen molar-refractivity contribution in [3.63, 3.8) is 0 Å². The summed E-state index contributed by atoms with van der Waals surface area (Å²) in [4.78, 5) is 7.24. The summed E-state index contributed by atoms with van der Waals surface area (Å²) in [5.41, 5.74) is 3.60. The molecule has 0 saturated carbocycles. The molecule has 9 heteroatoms. The van der Waals surface area contributed by atoms with E-state index in [-0.39, 0.29) is 15.8 Å². The van der Waals surface area contributed by atoms with Crippen LogP contribution in [-0.4, -0.2) is 43.9 Å². The molecule has 0 unspecified atom stereocenters. The van der Waals surface area contributed by atoms with Gasteiger partial charge in [-0.05, 0) is 57.0 Å². The van der Waals surface area contributed by atoms with E-state index in [1.807, 2.05) is 6.07 Å². The van der Waals surface area contributed by atoms with Gasteiger partial charge in [0.05, 0.1) is 27.4 Å². The fourth-order valence-electron chi connectivity index (χ4n) is 4.30. The highest BCUT2D eigenvalue weighted by Gasteiger charge is 2.32. The Bertz CT molecular complexity index is 1290. The highest BCUT2D eigenvalue weighted by Crippen LogP contribution is 2.35. The molecule has 0 aliphatic carbocycles. The molecular weight excluding hydrogens is 488 g/mol. The average molecular weight is 515 g/mol. The third-order valence-corrected chi connectivity index (χ3v) is 9.68. The van der Waals surface area contributed by atoms with Gasteiger partial charge in [-0.15, -0.1) is 11.3 Å². The lowest BCUT2D eigenvalue weighted by Gasteiger charge is -2.30. The zero-order valence-electron chi connectivity index (χ0n) is 19.2. The van der Waals surface area contributed by atoms with Gasteiger partial charge in [0.15, 0.2) is 0 Å². The number of hydrogen-bond acceptors (Lipinski definition) is 6. The van der Waals surface area contributed by atoms with E-state index in [1.165, 1.54) is 28.2 Å². The van der Waals surface area contributed by atoms with E-state index in [0.29, 0.717) is 31.5 Å². The van der Waals surface area contributed by atoms with E-state index in [1.54, 1.807) is 11.3 Å². The van der Waals surface area contributed by atoms with Crippen LogP contribution >= 0.6 is 22.9 Å². The molecule has 3 aromatic rings. The summed E-state index contributed by atoms with van der Waals surface area (Å²) >= 11 is 7.81. The Kier molecular flexibility index (Phi) is 7.58. The maximum Gasteiger partial charge on any atom is 0.244 e. The normalized spacial score (nSPS) is 15.2. The number of sulfonamides is 1. The lowest BCUT2D eigenvalue weighted by atomic mass is 9.99. The number of benzene rings is 2. The Morgan fingerprint density at radius 3 is 2.41 bits per heavy atom. The molecule has 0 atom stereocenters. The second-order valence-electron chi connectivity index (χ2n) is 8.23. The molecule has 0 N–H and O–H groups in total. The van der Waals surface area contributed by atoms with E-state index in [0.717, 1.165) is 29.4 Å². The number of nitrogens with zero attached hydrogens (tertiary/aromatic N) is 4. The highest BCUT2D eigenvalue weighted by atomic mass is 35.5. The number of aromatic nitrogens is 1. The van der Waals surface area contributed by atoms with E-state index < -0.39 is 10.0 Å². The third-order valence-electron chi connectivity index (χ3n) is 6.30. The van der Waals surface area contributed by atoms with Crippen LogP contribution in [0.25, 0.3) is 11.3 Å². The van der Waals surface area contributed by atoms with E-state index in [2.05, 4.69) is 48.4 Å². The molecule has 34 heavy (non-hydrogen) atoms. The van der Waals surface area contributed by atoms with Crippen LogP contribution in [0.1, 0.15) is 43.2 Å². The maximum atomic E-state index is 13.1. The van der Waals surface area contributed by atoms with Crippen molar-refractivity contribution in [2.75, 3.05) is 31.1 Å². The Hall–Kier alpha value is -2.44. The molecule has 6 nitrogen and oxygen atoms in total. The highest BCUT2D eigenvalue weighted by molar-refractivity contribution is 7.89. The van der Waals surface area contributed by atoms with Crippen molar-refractivity contribution in [1.29, 1.82) is 5.26 Å². The largest absolute Gasteiger partial charge is 0.372 e. The molecule has 1 aromatic heterocycles. The predicted octanol–water partition coefficient (Wildman–Crippen LogP) is 5.75. The number of rotatable bonds is 7. The second-order valence-corrected chi connectivity index (χ2v) is 11.4. The maximum absolute atomic E-state index is 13.1. The molecule has 1 aliphatic rings. The molecule has 178 valence electrons. The van der Waals surface area contributed by atoms with Crippen molar-refractivity contribution in [1.82, 2.24) is 9.29 Å². The molecule has 0 amide bonds. The zero-order valence-corrected chi connectivity index (χ0v) is 21.6. The molecule has 1 aliphatic heterocycles. The van der Waals surface area contributed by atoms with Gasteiger partial charge in [0.2, 0.25) is 10.0 Å². The number of thiazole rings is 1. The van der Waals surface area contributed by atoms with Crippen molar-refractivity contribution in [3.8, 4) is 17.3 Å². The number of anilines is 1. The Balaban J connectivity index is 1.43. The second kappa shape index (κ2) is 10.4. The van der Waals surface area contributed by atoms with Crippen molar-refractivity contribution >= 4 is 38.6 Å². The van der Waals surface area contributed by atoms with Gasteiger partial charge in [0.25, 0.3) is 0 Å². The molecular formula is C25H27ClN4O2S2. The van der Waals surface area contributed by atoms with Crippen LogP contribution in [0.3, 0.4) is 0 Å². The van der Waals surface area contributed by atoms with Crippen molar-refractivity contribution < 1.29 is 8.42 Å². The van der Waals surface area contributed by atoms with E-state index in [4.69, 9.17) is 21.8 Å². The summed E-state index contributed by atoms with van der Waals surface area (Å²) in [6.45, 7) is 7.08. The van der Waals surface area contributed by atoms with Crippen LogP contribution in [0, 0.1) is 11.3 Å². The molecule has 1 saturated heterocycles. The van der Waals surface area contributed by atoms with Gasteiger partial charge in [-0.1, -0.05) is 23.7 Å². The topological polar surface area (TPSA) is 77.3 Å². The minimum Gasteiger partial charge on any atom is -0.372 e. The first-order valence-corrected chi connectivity index (χ1v) is 14.1. The number of nitriles is 1. The predicted molar refractivity (Wildman–Crippen MR) is 138 cm³/mol. The Morgan fingerprint density at radius 2 is 1.82 bits per heavy atom. The van der Waals surface area contributed by atoms with Gasteiger partial charge in [-0.3, -0.25) is 0 Å². The van der Waals surface area contributed by atoms with Crippen LogP contribution in [0.5, 0.6) is 0 Å². The summed E-state index contributed by atoms with van der Waals surface area (Å²) in [5.74, 6) is 0.233. The quantitative estimate of drug-likeness (QED) is 0.401.